The summed E-state index contributed by atoms with van der Waals surface area (Å²) in [7, 11) is 0. The third-order valence-electron chi connectivity index (χ3n) is 3.68. The minimum atomic E-state index is -0.275. The van der Waals surface area contributed by atoms with Gasteiger partial charge < -0.3 is 4.57 Å². The third kappa shape index (κ3) is 2.17. The number of halogens is 1. The van der Waals surface area contributed by atoms with Crippen molar-refractivity contribution in [1.29, 1.82) is 0 Å². The second-order valence-corrected chi connectivity index (χ2v) is 6.70. The topological polar surface area (TPSA) is 72.7 Å². The summed E-state index contributed by atoms with van der Waals surface area (Å²) in [4.78, 5) is 16.8. The lowest BCUT2D eigenvalue weighted by Crippen LogP contribution is -2.17. The minimum Gasteiger partial charge on any atom is -0.307 e. The molecular formula is C14H12ClN5OS. The second kappa shape index (κ2) is 5.03. The fraction of sp³-hybridized carbons (Fsp3) is 0.286. The molecule has 22 heavy (non-hydrogen) atoms. The Morgan fingerprint density at radius 2 is 2.27 bits per heavy atom. The van der Waals surface area contributed by atoms with Crippen LogP contribution in [0, 0.1) is 6.92 Å². The van der Waals surface area contributed by atoms with Gasteiger partial charge in [-0.05, 0) is 31.0 Å². The van der Waals surface area contributed by atoms with E-state index in [1.165, 1.54) is 11.3 Å². The summed E-state index contributed by atoms with van der Waals surface area (Å²) in [6.45, 7) is 2.74. The van der Waals surface area contributed by atoms with E-state index in [-0.39, 0.29) is 5.91 Å². The van der Waals surface area contributed by atoms with E-state index in [0.29, 0.717) is 16.0 Å². The lowest BCUT2D eigenvalue weighted by Gasteiger charge is -2.01. The normalized spacial score (nSPS) is 13.5. The first kappa shape index (κ1) is 13.7. The molecule has 0 unspecified atom stereocenters. The van der Waals surface area contributed by atoms with Gasteiger partial charge in [0.1, 0.15) is 5.82 Å². The van der Waals surface area contributed by atoms with Crippen molar-refractivity contribution >= 4 is 44.2 Å². The molecule has 3 heterocycles. The van der Waals surface area contributed by atoms with Crippen LogP contribution in [0.3, 0.4) is 0 Å². The molecule has 0 fully saturated rings. The number of fused-ring (bicyclic) bond motifs is 2. The molecule has 3 aromatic rings. The Kier molecular flexibility index (Phi) is 3.12. The molecule has 112 valence electrons. The van der Waals surface area contributed by atoms with E-state index in [4.69, 9.17) is 11.6 Å². The van der Waals surface area contributed by atoms with Crippen molar-refractivity contribution in [2.75, 3.05) is 5.32 Å². The Morgan fingerprint density at radius 3 is 3.14 bits per heavy atom. The first-order valence-electron chi connectivity index (χ1n) is 6.92. The smallest absolute Gasteiger partial charge is 0.295 e. The zero-order valence-corrected chi connectivity index (χ0v) is 13.3. The molecule has 0 saturated heterocycles. The number of aryl methyl sites for hydroxylation is 2. The maximum absolute atomic E-state index is 12.4. The number of nitrogens with one attached hydrogen (secondary N) is 1. The third-order valence-corrected chi connectivity index (χ3v) is 4.82. The van der Waals surface area contributed by atoms with E-state index in [1.54, 1.807) is 0 Å². The molecule has 0 bridgehead atoms. The maximum Gasteiger partial charge on any atom is 0.295 e. The summed E-state index contributed by atoms with van der Waals surface area (Å²) in [6.07, 6.45) is 1.88. The van der Waals surface area contributed by atoms with Gasteiger partial charge in [0.15, 0.2) is 5.13 Å². The van der Waals surface area contributed by atoms with Crippen molar-refractivity contribution in [2.24, 2.45) is 0 Å². The second-order valence-electron chi connectivity index (χ2n) is 5.24. The Labute approximate surface area is 135 Å². The first-order chi connectivity index (χ1) is 10.6. The van der Waals surface area contributed by atoms with Gasteiger partial charge in [0.05, 0.1) is 10.2 Å². The summed E-state index contributed by atoms with van der Waals surface area (Å²) < 4.78 is 2.82. The van der Waals surface area contributed by atoms with E-state index in [2.05, 4.69) is 20.5 Å². The molecule has 0 saturated carbocycles. The molecule has 4 rings (SSSR count). The molecule has 0 spiro atoms. The number of rotatable bonds is 2. The van der Waals surface area contributed by atoms with Crippen LogP contribution >= 0.6 is 22.9 Å². The largest absolute Gasteiger partial charge is 0.307 e. The van der Waals surface area contributed by atoms with Crippen LogP contribution in [0.5, 0.6) is 0 Å². The van der Waals surface area contributed by atoms with E-state index in [0.717, 1.165) is 41.0 Å². The average Bonchev–Trinajstić information content (AvgIpc) is 3.11. The van der Waals surface area contributed by atoms with Crippen LogP contribution in [0.15, 0.2) is 12.1 Å². The Bertz CT molecular complexity index is 900. The van der Waals surface area contributed by atoms with Crippen LogP contribution < -0.4 is 5.32 Å². The van der Waals surface area contributed by atoms with Gasteiger partial charge in [-0.15, -0.1) is 10.2 Å². The molecule has 1 aliphatic heterocycles. The number of anilines is 1. The van der Waals surface area contributed by atoms with Crippen molar-refractivity contribution in [3.8, 4) is 0 Å². The van der Waals surface area contributed by atoms with Crippen LogP contribution in [0.25, 0.3) is 10.2 Å². The fourth-order valence-electron chi connectivity index (χ4n) is 2.68. The highest BCUT2D eigenvalue weighted by Crippen LogP contribution is 2.31. The van der Waals surface area contributed by atoms with Crippen LogP contribution in [-0.4, -0.2) is 25.7 Å². The highest BCUT2D eigenvalue weighted by Gasteiger charge is 2.23. The monoisotopic (exact) mass is 333 g/mol. The Balaban J connectivity index is 1.65. The molecule has 1 aliphatic rings. The van der Waals surface area contributed by atoms with Crippen molar-refractivity contribution in [3.63, 3.8) is 0 Å². The lowest BCUT2D eigenvalue weighted by atomic mass is 10.2. The standard InChI is InChI=1S/C14H12ClN5OS/c1-7-5-8(15)6-9-11(7)16-14(22-9)17-13(21)12-19-18-10-3-2-4-20(10)12/h5-6H,2-4H2,1H3,(H,16,17,21). The number of carbonyl (C=O) groups excluding carboxylic acids is 1. The molecule has 1 N–H and O–H groups in total. The SMILES string of the molecule is Cc1cc(Cl)cc2sc(NC(=O)c3nnc4n3CCC4)nc12. The molecular weight excluding hydrogens is 322 g/mol. The van der Waals surface area contributed by atoms with Crippen molar-refractivity contribution in [1.82, 2.24) is 19.7 Å². The van der Waals surface area contributed by atoms with Crippen molar-refractivity contribution in [2.45, 2.75) is 26.3 Å². The zero-order valence-electron chi connectivity index (χ0n) is 11.8. The first-order valence-corrected chi connectivity index (χ1v) is 8.11. The number of aromatic nitrogens is 4. The van der Waals surface area contributed by atoms with Crippen LogP contribution in [0.1, 0.15) is 28.4 Å². The van der Waals surface area contributed by atoms with Crippen LogP contribution in [0.2, 0.25) is 5.02 Å². The number of nitrogens with zero attached hydrogens (tertiary/aromatic N) is 4. The highest BCUT2D eigenvalue weighted by atomic mass is 35.5. The summed E-state index contributed by atoms with van der Waals surface area (Å²) >= 11 is 7.45. The maximum atomic E-state index is 12.4. The molecule has 2 aromatic heterocycles. The van der Waals surface area contributed by atoms with Gasteiger partial charge in [0.2, 0.25) is 5.82 Å². The van der Waals surface area contributed by atoms with Gasteiger partial charge in [-0.25, -0.2) is 4.98 Å². The molecule has 1 amide bonds. The van der Waals surface area contributed by atoms with Gasteiger partial charge in [0.25, 0.3) is 5.91 Å². The predicted octanol–water partition coefficient (Wildman–Crippen LogP) is 3.05. The summed E-state index contributed by atoms with van der Waals surface area (Å²) in [5, 5.41) is 12.0. The number of carbonyl (C=O) groups is 1. The molecule has 1 aromatic carbocycles. The number of amides is 1. The molecule has 0 radical (unpaired) electrons. The summed E-state index contributed by atoms with van der Waals surface area (Å²) in [6, 6.07) is 3.71. The van der Waals surface area contributed by atoms with E-state index in [9.17, 15) is 4.79 Å². The molecule has 0 atom stereocenters. The van der Waals surface area contributed by atoms with Crippen molar-refractivity contribution < 1.29 is 4.79 Å². The summed E-state index contributed by atoms with van der Waals surface area (Å²) in [5.74, 6) is 0.946. The number of hydrogen-bond acceptors (Lipinski definition) is 5. The Morgan fingerprint density at radius 1 is 1.41 bits per heavy atom. The van der Waals surface area contributed by atoms with Crippen LogP contribution in [0.4, 0.5) is 5.13 Å². The van der Waals surface area contributed by atoms with E-state index in [1.807, 2.05) is 23.6 Å². The fourth-order valence-corrected chi connectivity index (χ4v) is 3.99. The van der Waals surface area contributed by atoms with Gasteiger partial charge in [0, 0.05) is 18.0 Å². The molecule has 8 heteroatoms. The summed E-state index contributed by atoms with van der Waals surface area (Å²) in [5.41, 5.74) is 1.85. The number of benzene rings is 1. The van der Waals surface area contributed by atoms with Gasteiger partial charge >= 0.3 is 0 Å². The number of thiazole rings is 1. The lowest BCUT2D eigenvalue weighted by molar-refractivity contribution is 0.101. The molecule has 6 nitrogen and oxygen atoms in total. The van der Waals surface area contributed by atoms with Crippen LogP contribution in [-0.2, 0) is 13.0 Å². The van der Waals surface area contributed by atoms with Gasteiger partial charge in [-0.2, -0.15) is 0 Å². The van der Waals surface area contributed by atoms with E-state index < -0.39 is 0 Å². The van der Waals surface area contributed by atoms with Gasteiger partial charge in [-0.1, -0.05) is 22.9 Å². The minimum absolute atomic E-state index is 0.275. The number of hydrogen-bond donors (Lipinski definition) is 1. The highest BCUT2D eigenvalue weighted by molar-refractivity contribution is 7.22. The van der Waals surface area contributed by atoms with Crippen molar-refractivity contribution in [3.05, 3.63) is 34.4 Å². The van der Waals surface area contributed by atoms with Gasteiger partial charge in [-0.3, -0.25) is 10.1 Å². The predicted molar refractivity (Wildman–Crippen MR) is 85.7 cm³/mol. The quantitative estimate of drug-likeness (QED) is 0.782. The zero-order chi connectivity index (χ0) is 15.3. The average molecular weight is 334 g/mol. The Hall–Kier alpha value is -1.99. The van der Waals surface area contributed by atoms with E-state index >= 15 is 0 Å². The molecule has 0 aliphatic carbocycles.